The zero-order valence-corrected chi connectivity index (χ0v) is 26.1. The number of amides is 1. The van der Waals surface area contributed by atoms with Gasteiger partial charge in [-0.3, -0.25) is 5.32 Å². The van der Waals surface area contributed by atoms with Crippen LogP contribution in [0.3, 0.4) is 0 Å². The van der Waals surface area contributed by atoms with Crippen molar-refractivity contribution < 1.29 is 14.0 Å². The van der Waals surface area contributed by atoms with Crippen LogP contribution in [-0.4, -0.2) is 25.8 Å². The topological polar surface area (TPSA) is 59.9 Å². The van der Waals surface area contributed by atoms with Crippen LogP contribution in [0.2, 0.25) is 18.1 Å². The van der Waals surface area contributed by atoms with Crippen LogP contribution in [-0.2, 0) is 10.3 Å². The van der Waals surface area contributed by atoms with Crippen molar-refractivity contribution in [3.8, 4) is 5.75 Å². The van der Waals surface area contributed by atoms with Gasteiger partial charge in [0.15, 0.2) is 0 Å². The first-order valence-corrected chi connectivity index (χ1v) is 16.6. The number of rotatable bonds is 4. The predicted molar refractivity (Wildman–Crippen MR) is 161 cm³/mol. The quantitative estimate of drug-likeness (QED) is 0.309. The van der Waals surface area contributed by atoms with Crippen LogP contribution in [0, 0.1) is 0 Å². The molecule has 1 unspecified atom stereocenters. The van der Waals surface area contributed by atoms with Crippen molar-refractivity contribution in [1.29, 1.82) is 0 Å². The first kappa shape index (κ1) is 28.1. The maximum atomic E-state index is 12.8. The Labute approximate surface area is 235 Å². The van der Waals surface area contributed by atoms with E-state index in [1.807, 2.05) is 63.2 Å². The van der Waals surface area contributed by atoms with Gasteiger partial charge in [-0.1, -0.05) is 85.2 Å². The smallest absolute Gasteiger partial charge is 0.413 e. The number of amidine groups is 1. The lowest BCUT2D eigenvalue weighted by Gasteiger charge is -2.36. The lowest BCUT2D eigenvalue weighted by atomic mass is 9.77. The molecule has 1 aliphatic rings. The molecule has 0 spiro atoms. The molecule has 4 rings (SSSR count). The third-order valence-electron chi connectivity index (χ3n) is 7.16. The largest absolute Gasteiger partial charge is 0.544 e. The van der Waals surface area contributed by atoms with Gasteiger partial charge in [-0.05, 0) is 79.9 Å². The third-order valence-corrected chi connectivity index (χ3v) is 12.0. The Morgan fingerprint density at radius 1 is 0.895 bits per heavy atom. The molecule has 0 fully saturated rings. The molecule has 200 valence electrons. The molecule has 0 saturated heterocycles. The summed E-state index contributed by atoms with van der Waals surface area (Å²) in [6, 6.07) is 24.4. The maximum absolute atomic E-state index is 12.8. The number of nitrogens with zero attached hydrogens (tertiary/aromatic N) is 1. The minimum Gasteiger partial charge on any atom is -0.544 e. The Kier molecular flexibility index (Phi) is 7.40. The molecule has 5 nitrogen and oxygen atoms in total. The van der Waals surface area contributed by atoms with Crippen LogP contribution in [0.1, 0.15) is 63.8 Å². The van der Waals surface area contributed by atoms with Gasteiger partial charge in [0.2, 0.25) is 8.32 Å². The number of aliphatic imine (C=N–C) groups is 1. The van der Waals surface area contributed by atoms with E-state index >= 15 is 0 Å². The highest BCUT2D eigenvalue weighted by molar-refractivity contribution is 9.10. The Morgan fingerprint density at radius 3 is 2.16 bits per heavy atom. The molecule has 1 amide bonds. The molecule has 1 heterocycles. The molecule has 0 bridgehead atoms. The van der Waals surface area contributed by atoms with Crippen molar-refractivity contribution in [1.82, 2.24) is 5.32 Å². The molecule has 0 aromatic heterocycles. The van der Waals surface area contributed by atoms with Crippen LogP contribution in [0.4, 0.5) is 4.79 Å². The second-order valence-corrected chi connectivity index (χ2v) is 17.9. The normalized spacial score (nSPS) is 17.4. The van der Waals surface area contributed by atoms with Gasteiger partial charge >= 0.3 is 6.09 Å². The summed E-state index contributed by atoms with van der Waals surface area (Å²) in [5.74, 6) is 1.34. The zero-order valence-electron chi connectivity index (χ0n) is 23.5. The van der Waals surface area contributed by atoms with Crippen molar-refractivity contribution in [3.05, 3.63) is 99.5 Å². The average Bonchev–Trinajstić information content (AvgIpc) is 3.12. The summed E-state index contributed by atoms with van der Waals surface area (Å²) in [4.78, 5) is 18.0. The third kappa shape index (κ3) is 5.59. The van der Waals surface area contributed by atoms with Gasteiger partial charge in [0, 0.05) is 10.0 Å². The fourth-order valence-electron chi connectivity index (χ4n) is 4.32. The number of hydrogen-bond donors (Lipinski definition) is 1. The molecule has 1 atom stereocenters. The van der Waals surface area contributed by atoms with Crippen LogP contribution >= 0.6 is 15.9 Å². The Hall–Kier alpha value is -2.90. The van der Waals surface area contributed by atoms with E-state index < -0.39 is 25.6 Å². The molecule has 1 N–H and O–H groups in total. The molecular weight excluding hydrogens is 556 g/mol. The van der Waals surface area contributed by atoms with Gasteiger partial charge in [-0.25, -0.2) is 9.79 Å². The number of fused-ring (bicyclic) bond motifs is 1. The summed E-state index contributed by atoms with van der Waals surface area (Å²) in [7, 11) is -1.99. The second-order valence-electron chi connectivity index (χ2n) is 12.2. The maximum Gasteiger partial charge on any atom is 0.413 e. The van der Waals surface area contributed by atoms with Crippen LogP contribution < -0.4 is 9.74 Å². The summed E-state index contributed by atoms with van der Waals surface area (Å²) >= 11 is 3.64. The number of alkyl carbamates (subject to hydrolysis) is 1. The zero-order chi connectivity index (χ0) is 27.9. The number of carbonyl (C=O) groups excluding carboxylic acids is 1. The standard InChI is InChI=1S/C31H37BrN2O3Si/c1-29(2,3)36-28(35)33-27-25-14-9-10-15-26(25)31(34-27,22-12-11-13-23(32)20-22)21-16-18-24(19-17-21)37-38(7,8)30(4,5)6/h9-20H,1-8H3,(H,33,34,35). The Bertz CT molecular complexity index is 1370. The lowest BCUT2D eigenvalue weighted by Crippen LogP contribution is -2.43. The van der Waals surface area contributed by atoms with E-state index in [4.69, 9.17) is 14.2 Å². The van der Waals surface area contributed by atoms with E-state index in [-0.39, 0.29) is 5.04 Å². The molecule has 1 aliphatic heterocycles. The first-order valence-electron chi connectivity index (χ1n) is 12.9. The Balaban J connectivity index is 1.85. The summed E-state index contributed by atoms with van der Waals surface area (Å²) in [5, 5.41) is 3.01. The van der Waals surface area contributed by atoms with Crippen molar-refractivity contribution in [2.24, 2.45) is 4.99 Å². The van der Waals surface area contributed by atoms with Gasteiger partial charge in [0.05, 0.1) is 0 Å². The Morgan fingerprint density at radius 2 is 1.55 bits per heavy atom. The molecule has 7 heteroatoms. The van der Waals surface area contributed by atoms with Gasteiger partial charge in [0.1, 0.15) is 22.7 Å². The monoisotopic (exact) mass is 592 g/mol. The van der Waals surface area contributed by atoms with Gasteiger partial charge in [0.25, 0.3) is 0 Å². The SMILES string of the molecule is CC(C)(C)OC(=O)NC1=NC(c2ccc(O[Si](C)(C)C(C)(C)C)cc2)(c2cccc(Br)c2)c2ccccc21. The molecular formula is C31H37BrN2O3Si. The predicted octanol–water partition coefficient (Wildman–Crippen LogP) is 8.41. The highest BCUT2D eigenvalue weighted by atomic mass is 79.9. The van der Waals surface area contributed by atoms with Crippen LogP contribution in [0.25, 0.3) is 0 Å². The van der Waals surface area contributed by atoms with E-state index in [9.17, 15) is 4.79 Å². The lowest BCUT2D eigenvalue weighted by molar-refractivity contribution is 0.0563. The minimum absolute atomic E-state index is 0.0974. The average molecular weight is 594 g/mol. The highest BCUT2D eigenvalue weighted by Gasteiger charge is 2.44. The van der Waals surface area contributed by atoms with Crippen LogP contribution in [0.15, 0.2) is 82.3 Å². The van der Waals surface area contributed by atoms with E-state index in [1.165, 1.54) is 0 Å². The van der Waals surface area contributed by atoms with E-state index in [1.54, 1.807) is 0 Å². The first-order chi connectivity index (χ1) is 17.6. The number of hydrogen-bond acceptors (Lipinski definition) is 4. The van der Waals surface area contributed by atoms with Crippen molar-refractivity contribution in [2.45, 2.75) is 70.8 Å². The van der Waals surface area contributed by atoms with E-state index in [0.29, 0.717) is 5.84 Å². The molecule has 3 aromatic rings. The summed E-state index contributed by atoms with van der Waals surface area (Å²) in [5.41, 5.74) is 2.33. The number of halogens is 1. The molecule has 0 saturated carbocycles. The number of carbonyl (C=O) groups is 1. The summed E-state index contributed by atoms with van der Waals surface area (Å²) in [6.45, 7) is 16.7. The van der Waals surface area contributed by atoms with Crippen LogP contribution in [0.5, 0.6) is 5.75 Å². The summed E-state index contributed by atoms with van der Waals surface area (Å²) < 4.78 is 13.1. The number of ether oxygens (including phenoxy) is 1. The highest BCUT2D eigenvalue weighted by Crippen LogP contribution is 2.47. The number of benzene rings is 3. The molecule has 0 aliphatic carbocycles. The van der Waals surface area contributed by atoms with Gasteiger partial charge in [-0.15, -0.1) is 0 Å². The molecule has 38 heavy (non-hydrogen) atoms. The number of nitrogens with one attached hydrogen (secondary N) is 1. The van der Waals surface area contributed by atoms with E-state index in [0.717, 1.165) is 32.5 Å². The minimum atomic E-state index is -1.99. The van der Waals surface area contributed by atoms with Crippen molar-refractivity contribution in [3.63, 3.8) is 0 Å². The summed E-state index contributed by atoms with van der Waals surface area (Å²) in [6.07, 6.45) is -0.533. The van der Waals surface area contributed by atoms with Gasteiger partial charge < -0.3 is 9.16 Å². The van der Waals surface area contributed by atoms with E-state index in [2.05, 4.69) is 85.4 Å². The molecule has 0 radical (unpaired) electrons. The fraction of sp³-hybridized carbons (Fsp3) is 0.355. The van der Waals surface area contributed by atoms with Crippen molar-refractivity contribution >= 4 is 36.2 Å². The molecule has 3 aromatic carbocycles. The van der Waals surface area contributed by atoms with Gasteiger partial charge in [-0.2, -0.15) is 0 Å². The van der Waals surface area contributed by atoms with Crippen molar-refractivity contribution in [2.75, 3.05) is 0 Å². The second kappa shape index (κ2) is 10.0. The fourth-order valence-corrected chi connectivity index (χ4v) is 5.75.